The van der Waals surface area contributed by atoms with Crippen molar-refractivity contribution in [3.8, 4) is 11.5 Å². The first-order valence-corrected chi connectivity index (χ1v) is 10.0. The van der Waals surface area contributed by atoms with Gasteiger partial charge in [-0.2, -0.15) is 0 Å². The number of benzene rings is 2. The van der Waals surface area contributed by atoms with E-state index < -0.39 is 0 Å². The highest BCUT2D eigenvalue weighted by Gasteiger charge is 2.27. The van der Waals surface area contributed by atoms with E-state index in [1.54, 1.807) is 0 Å². The van der Waals surface area contributed by atoms with Gasteiger partial charge in [-0.1, -0.05) is 51.3 Å². The number of phenols is 2. The lowest BCUT2D eigenvalue weighted by atomic mass is 9.98. The van der Waals surface area contributed by atoms with Crippen LogP contribution in [0.4, 0.5) is 0 Å². The Morgan fingerprint density at radius 1 is 1.12 bits per heavy atom. The quantitative estimate of drug-likeness (QED) is 0.445. The van der Waals surface area contributed by atoms with Crippen LogP contribution in [0.1, 0.15) is 16.7 Å². The summed E-state index contributed by atoms with van der Waals surface area (Å²) in [5.74, 6) is -0.745. The van der Waals surface area contributed by atoms with Crippen molar-refractivity contribution in [2.24, 2.45) is 0 Å². The van der Waals surface area contributed by atoms with E-state index >= 15 is 0 Å². The highest BCUT2D eigenvalue weighted by Crippen LogP contribution is 2.46. The summed E-state index contributed by atoms with van der Waals surface area (Å²) in [4.78, 5) is 1.98. The molecule has 0 saturated carbocycles. The summed E-state index contributed by atoms with van der Waals surface area (Å²) < 4.78 is 1.06. The second-order valence-electron chi connectivity index (χ2n) is 6.06. The zero-order valence-electron chi connectivity index (χ0n) is 13.7. The van der Waals surface area contributed by atoms with Gasteiger partial charge >= 0.3 is 0 Å². The van der Waals surface area contributed by atoms with E-state index in [0.29, 0.717) is 30.2 Å². The topological polar surface area (TPSA) is 55.7 Å². The lowest BCUT2D eigenvalue weighted by Gasteiger charge is -2.32. The smallest absolute Gasteiger partial charge is 0.178 e. The Morgan fingerprint density at radius 3 is 2.38 bits per heavy atom. The average molecular weight is 476 g/mol. The molecule has 26 heavy (non-hydrogen) atoms. The average Bonchev–Trinajstić information content (AvgIpc) is 2.65. The van der Waals surface area contributed by atoms with Crippen molar-refractivity contribution in [1.82, 2.24) is 10.2 Å². The minimum atomic E-state index is -0.383. The van der Waals surface area contributed by atoms with Crippen molar-refractivity contribution in [2.45, 2.75) is 19.4 Å². The molecule has 3 N–H and O–H groups in total. The van der Waals surface area contributed by atoms with Gasteiger partial charge in [0.2, 0.25) is 0 Å². The fraction of sp³-hybridized carbons (Fsp3) is 0.278. The van der Waals surface area contributed by atoms with Gasteiger partial charge in [0, 0.05) is 24.1 Å². The molecular weight excluding hydrogens is 459 g/mol. The maximum atomic E-state index is 9.92. The Morgan fingerprint density at radius 2 is 1.73 bits per heavy atom. The molecule has 0 fully saturated rings. The number of nitrogens with zero attached hydrogens (tertiary/aromatic N) is 1. The summed E-state index contributed by atoms with van der Waals surface area (Å²) in [6.07, 6.45) is 1.45. The number of hydrogen-bond donors (Lipinski definition) is 3. The number of hydrogen-bond acceptors (Lipinski definition) is 3. The van der Waals surface area contributed by atoms with Crippen molar-refractivity contribution in [3.05, 3.63) is 55.5 Å². The van der Waals surface area contributed by atoms with Crippen LogP contribution in [0.5, 0.6) is 11.5 Å². The molecule has 4 nitrogen and oxygen atoms in total. The summed E-state index contributed by atoms with van der Waals surface area (Å²) in [6.45, 7) is 1.82. The fourth-order valence-corrected chi connectivity index (χ4v) is 4.03. The number of thiocarbonyl (C=S) groups is 1. The first kappa shape index (κ1) is 19.5. The molecule has 3 rings (SSSR count). The van der Waals surface area contributed by atoms with E-state index in [1.165, 1.54) is 5.56 Å². The van der Waals surface area contributed by atoms with Gasteiger partial charge in [0.05, 0.1) is 10.0 Å². The number of halogens is 3. The van der Waals surface area contributed by atoms with Crippen LogP contribution in [0.25, 0.3) is 0 Å². The molecule has 0 radical (unpaired) electrons. The molecule has 138 valence electrons. The molecule has 0 unspecified atom stereocenters. The predicted molar refractivity (Wildman–Crippen MR) is 112 cm³/mol. The van der Waals surface area contributed by atoms with Gasteiger partial charge in [0.25, 0.3) is 0 Å². The fourth-order valence-electron chi connectivity index (χ4n) is 2.95. The van der Waals surface area contributed by atoms with Gasteiger partial charge in [-0.15, -0.1) is 0 Å². The van der Waals surface area contributed by atoms with Crippen molar-refractivity contribution in [1.29, 1.82) is 0 Å². The largest absolute Gasteiger partial charge is 0.503 e. The maximum absolute atomic E-state index is 9.92. The number of aromatic hydroxyl groups is 2. The third kappa shape index (κ3) is 4.03. The lowest BCUT2D eigenvalue weighted by Crippen LogP contribution is -2.43. The van der Waals surface area contributed by atoms with Crippen molar-refractivity contribution in [3.63, 3.8) is 0 Å². The number of rotatable bonds is 3. The second-order valence-corrected chi connectivity index (χ2v) is 8.12. The van der Waals surface area contributed by atoms with Crippen molar-refractivity contribution < 1.29 is 10.2 Å². The third-order valence-electron chi connectivity index (χ3n) is 4.41. The summed E-state index contributed by atoms with van der Waals surface area (Å²) in [5.41, 5.74) is 2.69. The Hall–Kier alpha value is -1.21. The molecule has 0 aromatic heterocycles. The van der Waals surface area contributed by atoms with Gasteiger partial charge in [0.1, 0.15) is 0 Å². The molecule has 0 aliphatic carbocycles. The molecule has 1 aliphatic rings. The molecule has 2 aromatic rings. The van der Waals surface area contributed by atoms with E-state index in [0.717, 1.165) is 23.0 Å². The molecule has 0 bridgehead atoms. The zero-order valence-corrected chi connectivity index (χ0v) is 17.6. The summed E-state index contributed by atoms with van der Waals surface area (Å²) in [5, 5.41) is 23.9. The van der Waals surface area contributed by atoms with Gasteiger partial charge in [-0.05, 0) is 53.9 Å². The minimum absolute atomic E-state index is 0.129. The van der Waals surface area contributed by atoms with E-state index in [1.807, 2.05) is 17.0 Å². The van der Waals surface area contributed by atoms with Gasteiger partial charge in [-0.25, -0.2) is 0 Å². The summed E-state index contributed by atoms with van der Waals surface area (Å²) >= 11 is 21.3. The predicted octanol–water partition coefficient (Wildman–Crippen LogP) is 4.64. The van der Waals surface area contributed by atoms with E-state index in [9.17, 15) is 10.2 Å². The van der Waals surface area contributed by atoms with Crippen LogP contribution in [-0.4, -0.2) is 33.3 Å². The first-order chi connectivity index (χ1) is 12.4. The van der Waals surface area contributed by atoms with Crippen LogP contribution in [0.2, 0.25) is 10.0 Å². The standard InChI is InChI=1S/C18H17BrCl2N2O2S/c19-11-3-1-10(2-4-11)5-7-22-18(26)23-8-6-12-13(9-23)15(21)17(25)16(24)14(12)20/h1-4,24-25H,5-9H2,(H,22,26). The Kier molecular flexibility index (Phi) is 6.17. The molecule has 0 amide bonds. The van der Waals surface area contributed by atoms with Crippen LogP contribution in [-0.2, 0) is 19.4 Å². The van der Waals surface area contributed by atoms with Crippen LogP contribution in [0.3, 0.4) is 0 Å². The monoisotopic (exact) mass is 474 g/mol. The highest BCUT2D eigenvalue weighted by molar-refractivity contribution is 9.10. The molecule has 0 atom stereocenters. The number of phenolic OH excluding ortho intramolecular Hbond substituents is 2. The number of nitrogens with one attached hydrogen (secondary N) is 1. The normalized spacial score (nSPS) is 13.4. The first-order valence-electron chi connectivity index (χ1n) is 8.06. The summed E-state index contributed by atoms with van der Waals surface area (Å²) in [6, 6.07) is 8.18. The van der Waals surface area contributed by atoms with Crippen LogP contribution < -0.4 is 5.32 Å². The Labute approximate surface area is 175 Å². The minimum Gasteiger partial charge on any atom is -0.503 e. The molecule has 1 aliphatic heterocycles. The number of fused-ring (bicyclic) bond motifs is 1. The maximum Gasteiger partial charge on any atom is 0.178 e. The van der Waals surface area contributed by atoms with Gasteiger partial charge in [0.15, 0.2) is 16.6 Å². The van der Waals surface area contributed by atoms with Crippen LogP contribution in [0.15, 0.2) is 28.7 Å². The highest BCUT2D eigenvalue weighted by atomic mass is 79.9. The molecule has 0 saturated heterocycles. The SMILES string of the molecule is Oc1c(O)c(Cl)c2c(c1Cl)CCN(C(=S)NCCc1ccc(Br)cc1)C2. The molecule has 2 aromatic carbocycles. The molecule has 8 heteroatoms. The third-order valence-corrected chi connectivity index (χ3v) is 6.15. The second kappa shape index (κ2) is 8.21. The van der Waals surface area contributed by atoms with Gasteiger partial charge in [-0.3, -0.25) is 0 Å². The van der Waals surface area contributed by atoms with E-state index in [4.69, 9.17) is 35.4 Å². The Bertz CT molecular complexity index is 846. The van der Waals surface area contributed by atoms with Crippen molar-refractivity contribution >= 4 is 56.5 Å². The summed E-state index contributed by atoms with van der Waals surface area (Å²) in [7, 11) is 0. The lowest BCUT2D eigenvalue weighted by molar-refractivity contribution is 0.375. The van der Waals surface area contributed by atoms with Gasteiger partial charge < -0.3 is 20.4 Å². The zero-order chi connectivity index (χ0) is 18.8. The Balaban J connectivity index is 1.63. The molecular formula is C18H17BrCl2N2O2S. The molecule has 1 heterocycles. The van der Waals surface area contributed by atoms with E-state index in [-0.39, 0.29) is 21.5 Å². The van der Waals surface area contributed by atoms with Crippen LogP contribution >= 0.6 is 51.3 Å². The van der Waals surface area contributed by atoms with E-state index in [2.05, 4.69) is 33.4 Å². The van der Waals surface area contributed by atoms with Crippen molar-refractivity contribution in [2.75, 3.05) is 13.1 Å². The van der Waals surface area contributed by atoms with Crippen LogP contribution in [0, 0.1) is 0 Å². The molecule has 0 spiro atoms.